The molecular weight excluding hydrogens is 775 g/mol. The number of ether oxygens (including phenoxy) is 3. The van der Waals surface area contributed by atoms with Crippen LogP contribution in [0.15, 0.2) is 134 Å². The lowest BCUT2D eigenvalue weighted by Gasteiger charge is -2.31. The van der Waals surface area contributed by atoms with E-state index in [9.17, 15) is 19.5 Å². The summed E-state index contributed by atoms with van der Waals surface area (Å²) in [4.78, 5) is 37.0. The van der Waals surface area contributed by atoms with Crippen molar-refractivity contribution in [2.45, 2.75) is 148 Å². The first kappa shape index (κ1) is 57.5. The number of quaternary nitrogens is 1. The van der Waals surface area contributed by atoms with Crippen LogP contribution >= 0.6 is 0 Å². The van der Waals surface area contributed by atoms with Crippen LogP contribution in [0.25, 0.3) is 0 Å². The first-order valence-electron chi connectivity index (χ1n) is 23.2. The summed E-state index contributed by atoms with van der Waals surface area (Å²) in [5.41, 5.74) is 0. The summed E-state index contributed by atoms with van der Waals surface area (Å²) in [7, 11) is 5.48. The predicted molar refractivity (Wildman–Crippen MR) is 261 cm³/mol. The maximum Gasteiger partial charge on any atom is 0.362 e. The molecule has 0 aliphatic heterocycles. The second-order valence-corrected chi connectivity index (χ2v) is 15.9. The van der Waals surface area contributed by atoms with Gasteiger partial charge < -0.3 is 23.8 Å². The van der Waals surface area contributed by atoms with Gasteiger partial charge in [0.1, 0.15) is 6.61 Å². The highest BCUT2D eigenvalue weighted by Crippen LogP contribution is 2.11. The number of hydrogen-bond donors (Lipinski definition) is 1. The molecule has 0 aromatic rings. The minimum Gasteiger partial charge on any atom is -0.477 e. The number of hydrogen-bond acceptors (Lipinski definition) is 6. The fourth-order valence-electron chi connectivity index (χ4n) is 5.77. The average molecular weight is 859 g/mol. The number of carboxylic acids is 1. The summed E-state index contributed by atoms with van der Waals surface area (Å²) in [5, 5.41) is 9.63. The number of carbonyl (C=O) groups is 3. The van der Waals surface area contributed by atoms with Crippen LogP contribution in [0.3, 0.4) is 0 Å². The van der Waals surface area contributed by atoms with E-state index in [-0.39, 0.29) is 49.1 Å². The van der Waals surface area contributed by atoms with Crippen LogP contribution in [0.5, 0.6) is 0 Å². The lowest BCUT2D eigenvalue weighted by molar-refractivity contribution is -0.887. The second kappa shape index (κ2) is 43.1. The van der Waals surface area contributed by atoms with Crippen molar-refractivity contribution in [2.24, 2.45) is 0 Å². The van der Waals surface area contributed by atoms with Gasteiger partial charge in [-0.1, -0.05) is 148 Å². The summed E-state index contributed by atoms with van der Waals surface area (Å²) in [5.74, 6) is -1.62. The fraction of sp³-hybridized carbons (Fsp3) is 0.537. The van der Waals surface area contributed by atoms with Gasteiger partial charge >= 0.3 is 17.9 Å². The van der Waals surface area contributed by atoms with Crippen LogP contribution < -0.4 is 0 Å². The highest BCUT2D eigenvalue weighted by molar-refractivity contribution is 5.72. The number of carboxylic acid groups (broad SMARTS) is 1. The molecule has 8 heteroatoms. The van der Waals surface area contributed by atoms with Gasteiger partial charge in [-0.05, 0) is 103 Å². The Morgan fingerprint density at radius 1 is 0.484 bits per heavy atom. The van der Waals surface area contributed by atoms with E-state index >= 15 is 0 Å². The topological polar surface area (TPSA) is 99.1 Å². The summed E-state index contributed by atoms with van der Waals surface area (Å²) < 4.78 is 17.2. The molecule has 0 saturated heterocycles. The van der Waals surface area contributed by atoms with Crippen LogP contribution in [0.2, 0.25) is 0 Å². The van der Waals surface area contributed by atoms with Crippen molar-refractivity contribution in [3.8, 4) is 0 Å². The van der Waals surface area contributed by atoms with E-state index in [0.717, 1.165) is 89.9 Å². The predicted octanol–water partition coefficient (Wildman–Crippen LogP) is 13.2. The summed E-state index contributed by atoms with van der Waals surface area (Å²) in [6, 6.07) is -0.641. The van der Waals surface area contributed by atoms with Crippen molar-refractivity contribution in [3.63, 3.8) is 0 Å². The minimum atomic E-state index is -0.897. The first-order chi connectivity index (χ1) is 30.1. The van der Waals surface area contributed by atoms with Crippen LogP contribution in [0.1, 0.15) is 136 Å². The molecule has 0 aromatic heterocycles. The van der Waals surface area contributed by atoms with Crippen molar-refractivity contribution in [1.29, 1.82) is 0 Å². The van der Waals surface area contributed by atoms with Gasteiger partial charge in [-0.3, -0.25) is 9.59 Å². The monoisotopic (exact) mass is 859 g/mol. The van der Waals surface area contributed by atoms with Crippen LogP contribution in [0.4, 0.5) is 0 Å². The Kier molecular flexibility index (Phi) is 40.0. The zero-order chi connectivity index (χ0) is 45.6. The van der Waals surface area contributed by atoms with Crippen molar-refractivity contribution in [2.75, 3.05) is 41.0 Å². The number of carbonyl (C=O) groups excluding carboxylic acids is 2. The van der Waals surface area contributed by atoms with Gasteiger partial charge in [-0.2, -0.15) is 0 Å². The number of unbranched alkanes of at least 4 members (excludes halogenated alkanes) is 3. The zero-order valence-corrected chi connectivity index (χ0v) is 39.3. The SMILES string of the molecule is CC/C=C/C/C=C/C/C=C/C/C=C/C/C=C/C/C=C/CCCCC(=O)OC(COCCC(C(=O)O)[N+](C)(C)C)COC(=O)CCC/C=C/C/C=C/C/C=C/C/C=C/C/C=C/CC. The smallest absolute Gasteiger partial charge is 0.362 e. The Morgan fingerprint density at radius 3 is 1.24 bits per heavy atom. The maximum absolute atomic E-state index is 12.7. The van der Waals surface area contributed by atoms with Crippen molar-refractivity contribution in [1.82, 2.24) is 0 Å². The molecule has 346 valence electrons. The molecule has 8 nitrogen and oxygen atoms in total. The van der Waals surface area contributed by atoms with E-state index in [1.807, 2.05) is 21.1 Å². The Balaban J connectivity index is 4.53. The standard InChI is InChI=1S/C54H83NO7/c1-6-8-10-12-14-16-18-20-22-24-25-26-27-29-31-33-35-37-39-41-43-45-53(57)62-50(48-60-47-46-51(54(58)59)55(3,4)5)49-61-52(56)44-42-40-38-36-34-32-30-28-23-21-19-17-15-13-11-9-7-2/h8-11,14-17,20-23,25-26,29-32,35-38,50-51H,6-7,12-13,18-19,24,27-28,33-34,39-49H2,1-5H3/p+1/b10-8+,11-9+,16-14+,17-15+,22-20+,23-21+,26-25+,31-29+,32-30+,37-35+,38-36+. The Bertz CT molecular complexity index is 1470. The highest BCUT2D eigenvalue weighted by atomic mass is 16.6. The fourth-order valence-corrected chi connectivity index (χ4v) is 5.77. The molecule has 2 unspecified atom stereocenters. The quantitative estimate of drug-likeness (QED) is 0.0284. The number of likely N-dealkylation sites (N-methyl/N-ethyl adjacent to an activating group) is 1. The van der Waals surface area contributed by atoms with Crippen LogP contribution in [-0.4, -0.2) is 80.6 Å². The van der Waals surface area contributed by atoms with Crippen molar-refractivity contribution < 1.29 is 38.2 Å². The molecule has 2 atom stereocenters. The van der Waals surface area contributed by atoms with Crippen molar-refractivity contribution in [3.05, 3.63) is 134 Å². The molecule has 0 radical (unpaired) electrons. The second-order valence-electron chi connectivity index (χ2n) is 15.9. The molecule has 0 aromatic carbocycles. The minimum absolute atomic E-state index is 0.0150. The van der Waals surface area contributed by atoms with Gasteiger partial charge in [0.25, 0.3) is 0 Å². The largest absolute Gasteiger partial charge is 0.477 e. The lowest BCUT2D eigenvalue weighted by Crippen LogP contribution is -2.50. The van der Waals surface area contributed by atoms with Gasteiger partial charge in [0.2, 0.25) is 0 Å². The molecule has 62 heavy (non-hydrogen) atoms. The van der Waals surface area contributed by atoms with E-state index in [2.05, 4.69) is 148 Å². The van der Waals surface area contributed by atoms with Gasteiger partial charge in [0, 0.05) is 19.3 Å². The number of aliphatic carboxylic acids is 1. The first-order valence-corrected chi connectivity index (χ1v) is 23.2. The zero-order valence-electron chi connectivity index (χ0n) is 39.3. The summed E-state index contributed by atoms with van der Waals surface area (Å²) in [6.45, 7) is 4.37. The molecule has 0 rings (SSSR count). The van der Waals surface area contributed by atoms with E-state index in [1.165, 1.54) is 0 Å². The molecule has 0 bridgehead atoms. The number of esters is 2. The van der Waals surface area contributed by atoms with Crippen LogP contribution in [0, 0.1) is 0 Å². The van der Waals surface area contributed by atoms with E-state index in [4.69, 9.17) is 14.2 Å². The molecule has 0 saturated carbocycles. The van der Waals surface area contributed by atoms with Crippen molar-refractivity contribution >= 4 is 17.9 Å². The lowest BCUT2D eigenvalue weighted by atomic mass is 10.1. The van der Waals surface area contributed by atoms with E-state index < -0.39 is 18.1 Å². The summed E-state index contributed by atoms with van der Waals surface area (Å²) >= 11 is 0. The molecule has 0 amide bonds. The molecule has 0 heterocycles. The Hall–Kier alpha value is -4.53. The highest BCUT2D eigenvalue weighted by Gasteiger charge is 2.31. The molecule has 1 N–H and O–H groups in total. The molecule has 0 aliphatic rings. The summed E-state index contributed by atoms with van der Waals surface area (Å²) in [6.07, 6.45) is 62.2. The third kappa shape index (κ3) is 40.9. The number of rotatable bonds is 39. The van der Waals surface area contributed by atoms with Crippen LogP contribution in [-0.2, 0) is 28.6 Å². The third-order valence-electron chi connectivity index (χ3n) is 9.30. The van der Waals surface area contributed by atoms with Gasteiger partial charge in [-0.25, -0.2) is 4.79 Å². The third-order valence-corrected chi connectivity index (χ3v) is 9.30. The Morgan fingerprint density at radius 2 is 0.855 bits per heavy atom. The average Bonchev–Trinajstić information content (AvgIpc) is 3.23. The Labute approximate surface area is 377 Å². The number of allylic oxidation sites excluding steroid dienone is 22. The molecule has 0 spiro atoms. The van der Waals surface area contributed by atoms with Gasteiger partial charge in [0.05, 0.1) is 34.4 Å². The molecule has 0 fully saturated rings. The van der Waals surface area contributed by atoms with E-state index in [0.29, 0.717) is 19.3 Å². The maximum atomic E-state index is 12.7. The van der Waals surface area contributed by atoms with Gasteiger partial charge in [-0.15, -0.1) is 0 Å². The van der Waals surface area contributed by atoms with Gasteiger partial charge in [0.15, 0.2) is 12.1 Å². The normalized spacial score (nSPS) is 14.1. The molecular formula is C54H84NO7+. The number of nitrogens with zero attached hydrogens (tertiary/aromatic N) is 1. The molecule has 0 aliphatic carbocycles. The van der Waals surface area contributed by atoms with E-state index in [1.54, 1.807) is 0 Å².